The Morgan fingerprint density at radius 3 is 2.75 bits per heavy atom. The molecule has 2 nitrogen and oxygen atoms in total. The molecule has 0 bridgehead atoms. The Morgan fingerprint density at radius 2 is 2.38 bits per heavy atom. The molecule has 2 N–H and O–H groups in total. The maximum absolute atomic E-state index is 12.3. The standard InChI is InChI=1S/C5H10FNO/c6-4-3-8-2-1-5(4)7/h4-5H,1-3,7H2/t4-,5-/m0/s1. The van der Waals surface area contributed by atoms with Gasteiger partial charge in [-0.15, -0.1) is 0 Å². The van der Waals surface area contributed by atoms with Crippen LogP contribution in [0.25, 0.3) is 0 Å². The molecule has 0 amide bonds. The Bertz CT molecular complexity index is 68.8. The molecule has 1 aliphatic heterocycles. The zero-order valence-electron chi connectivity index (χ0n) is 4.64. The van der Waals surface area contributed by atoms with Crippen molar-refractivity contribution in [3.05, 3.63) is 0 Å². The zero-order valence-corrected chi connectivity index (χ0v) is 4.64. The lowest BCUT2D eigenvalue weighted by atomic mass is 10.1. The van der Waals surface area contributed by atoms with Crippen molar-refractivity contribution in [2.45, 2.75) is 18.6 Å². The summed E-state index contributed by atoms with van der Waals surface area (Å²) in [6.45, 7) is 0.794. The summed E-state index contributed by atoms with van der Waals surface area (Å²) in [7, 11) is 0. The fourth-order valence-corrected chi connectivity index (χ4v) is 0.720. The monoisotopic (exact) mass is 119 g/mol. The molecule has 0 saturated carbocycles. The highest BCUT2D eigenvalue weighted by Crippen LogP contribution is 2.07. The predicted octanol–water partition coefficient (Wildman–Crippen LogP) is 0.0721. The quantitative estimate of drug-likeness (QED) is 0.490. The fourth-order valence-electron chi connectivity index (χ4n) is 0.720. The van der Waals surface area contributed by atoms with Gasteiger partial charge in [-0.1, -0.05) is 0 Å². The van der Waals surface area contributed by atoms with Gasteiger partial charge in [0.2, 0.25) is 0 Å². The van der Waals surface area contributed by atoms with E-state index in [0.29, 0.717) is 13.0 Å². The fraction of sp³-hybridized carbons (Fsp3) is 1.00. The molecule has 3 heteroatoms. The number of ether oxygens (including phenoxy) is 1. The Labute approximate surface area is 47.8 Å². The van der Waals surface area contributed by atoms with E-state index in [9.17, 15) is 4.39 Å². The topological polar surface area (TPSA) is 35.2 Å². The second-order valence-electron chi connectivity index (χ2n) is 2.04. The van der Waals surface area contributed by atoms with Gasteiger partial charge in [0.05, 0.1) is 6.61 Å². The van der Waals surface area contributed by atoms with Gasteiger partial charge in [0.15, 0.2) is 0 Å². The number of hydrogen-bond donors (Lipinski definition) is 1. The van der Waals surface area contributed by atoms with Gasteiger partial charge in [0.25, 0.3) is 0 Å². The molecule has 0 aromatic rings. The van der Waals surface area contributed by atoms with Gasteiger partial charge in [0.1, 0.15) is 6.17 Å². The van der Waals surface area contributed by atoms with E-state index in [4.69, 9.17) is 10.5 Å². The van der Waals surface area contributed by atoms with Gasteiger partial charge in [-0.3, -0.25) is 0 Å². The highest BCUT2D eigenvalue weighted by molar-refractivity contribution is 4.74. The lowest BCUT2D eigenvalue weighted by molar-refractivity contribution is 0.0238. The van der Waals surface area contributed by atoms with Crippen LogP contribution in [0.1, 0.15) is 6.42 Å². The number of nitrogens with two attached hydrogens (primary N) is 1. The van der Waals surface area contributed by atoms with Crippen LogP contribution in [-0.4, -0.2) is 25.4 Å². The summed E-state index contributed by atoms with van der Waals surface area (Å²) in [5, 5.41) is 0. The van der Waals surface area contributed by atoms with E-state index < -0.39 is 6.17 Å². The molecular formula is C5H10FNO. The largest absolute Gasteiger partial charge is 0.378 e. The van der Waals surface area contributed by atoms with Crippen LogP contribution in [0.5, 0.6) is 0 Å². The highest BCUT2D eigenvalue weighted by atomic mass is 19.1. The van der Waals surface area contributed by atoms with Crippen molar-refractivity contribution < 1.29 is 9.13 Å². The van der Waals surface area contributed by atoms with Crippen LogP contribution in [0, 0.1) is 0 Å². The maximum Gasteiger partial charge on any atom is 0.138 e. The van der Waals surface area contributed by atoms with Crippen LogP contribution in [0.4, 0.5) is 4.39 Å². The maximum atomic E-state index is 12.3. The number of hydrogen-bond acceptors (Lipinski definition) is 2. The van der Waals surface area contributed by atoms with E-state index in [1.807, 2.05) is 0 Å². The second kappa shape index (κ2) is 2.42. The minimum atomic E-state index is -0.941. The number of halogens is 1. The first kappa shape index (κ1) is 5.98. The molecule has 1 fully saturated rings. The van der Waals surface area contributed by atoms with Crippen LogP contribution in [0.2, 0.25) is 0 Å². The van der Waals surface area contributed by atoms with E-state index in [1.165, 1.54) is 0 Å². The van der Waals surface area contributed by atoms with Crippen molar-refractivity contribution in [3.63, 3.8) is 0 Å². The first-order chi connectivity index (χ1) is 3.80. The van der Waals surface area contributed by atoms with Crippen LogP contribution < -0.4 is 5.73 Å². The lowest BCUT2D eigenvalue weighted by Gasteiger charge is -2.21. The summed E-state index contributed by atoms with van der Waals surface area (Å²) in [4.78, 5) is 0. The van der Waals surface area contributed by atoms with E-state index in [2.05, 4.69) is 0 Å². The smallest absolute Gasteiger partial charge is 0.138 e. The molecule has 0 aliphatic carbocycles. The van der Waals surface area contributed by atoms with Crippen LogP contribution >= 0.6 is 0 Å². The normalized spacial score (nSPS) is 39.8. The molecule has 48 valence electrons. The van der Waals surface area contributed by atoms with E-state index >= 15 is 0 Å². The highest BCUT2D eigenvalue weighted by Gasteiger charge is 2.20. The summed E-state index contributed by atoms with van der Waals surface area (Å²) in [5.74, 6) is 0. The lowest BCUT2D eigenvalue weighted by Crippen LogP contribution is -2.39. The third kappa shape index (κ3) is 1.17. The average Bonchev–Trinajstić information content (AvgIpc) is 1.77. The minimum Gasteiger partial charge on any atom is -0.378 e. The van der Waals surface area contributed by atoms with Crippen molar-refractivity contribution in [2.24, 2.45) is 5.73 Å². The molecule has 1 heterocycles. The Balaban J connectivity index is 2.28. The molecular weight excluding hydrogens is 109 g/mol. The van der Waals surface area contributed by atoms with Crippen molar-refractivity contribution in [1.82, 2.24) is 0 Å². The average molecular weight is 119 g/mol. The van der Waals surface area contributed by atoms with E-state index in [-0.39, 0.29) is 12.6 Å². The molecule has 1 aliphatic rings. The van der Waals surface area contributed by atoms with Crippen LogP contribution in [0.15, 0.2) is 0 Å². The van der Waals surface area contributed by atoms with Crippen LogP contribution in [0.3, 0.4) is 0 Å². The van der Waals surface area contributed by atoms with Crippen molar-refractivity contribution in [3.8, 4) is 0 Å². The SMILES string of the molecule is N[C@H]1CCOC[C@@H]1F. The van der Waals surface area contributed by atoms with Gasteiger partial charge in [-0.05, 0) is 6.42 Å². The van der Waals surface area contributed by atoms with E-state index in [1.54, 1.807) is 0 Å². The first-order valence-electron chi connectivity index (χ1n) is 2.78. The summed E-state index contributed by atoms with van der Waals surface area (Å²) in [5.41, 5.74) is 5.32. The molecule has 8 heavy (non-hydrogen) atoms. The zero-order chi connectivity index (χ0) is 5.98. The molecule has 1 saturated heterocycles. The molecule has 0 radical (unpaired) electrons. The van der Waals surface area contributed by atoms with Crippen molar-refractivity contribution in [2.75, 3.05) is 13.2 Å². The third-order valence-corrected chi connectivity index (χ3v) is 1.34. The molecule has 0 spiro atoms. The molecule has 2 atom stereocenters. The summed E-state index contributed by atoms with van der Waals surface area (Å²) in [6, 6.07) is -0.288. The Hall–Kier alpha value is -0.150. The van der Waals surface area contributed by atoms with Gasteiger partial charge < -0.3 is 10.5 Å². The van der Waals surface area contributed by atoms with Gasteiger partial charge in [0, 0.05) is 12.6 Å². The summed E-state index contributed by atoms with van der Waals surface area (Å²) >= 11 is 0. The van der Waals surface area contributed by atoms with Crippen LogP contribution in [-0.2, 0) is 4.74 Å². The number of rotatable bonds is 0. The van der Waals surface area contributed by atoms with E-state index in [0.717, 1.165) is 0 Å². The molecule has 0 aromatic heterocycles. The molecule has 1 rings (SSSR count). The Kier molecular flexibility index (Phi) is 1.81. The summed E-state index contributed by atoms with van der Waals surface area (Å²) < 4.78 is 17.1. The second-order valence-corrected chi connectivity index (χ2v) is 2.04. The van der Waals surface area contributed by atoms with Crippen molar-refractivity contribution in [1.29, 1.82) is 0 Å². The van der Waals surface area contributed by atoms with Crippen molar-refractivity contribution >= 4 is 0 Å². The van der Waals surface area contributed by atoms with Gasteiger partial charge in [-0.2, -0.15) is 0 Å². The number of alkyl halides is 1. The first-order valence-corrected chi connectivity index (χ1v) is 2.78. The predicted molar refractivity (Wildman–Crippen MR) is 28.3 cm³/mol. The van der Waals surface area contributed by atoms with Gasteiger partial charge in [-0.25, -0.2) is 4.39 Å². The third-order valence-electron chi connectivity index (χ3n) is 1.34. The minimum absolute atomic E-state index is 0.182. The summed E-state index contributed by atoms with van der Waals surface area (Å²) in [6.07, 6.45) is -0.287. The molecule has 0 aromatic carbocycles. The Morgan fingerprint density at radius 1 is 1.62 bits per heavy atom. The molecule has 0 unspecified atom stereocenters. The van der Waals surface area contributed by atoms with Gasteiger partial charge >= 0.3 is 0 Å².